The first-order valence-electron chi connectivity index (χ1n) is 7.34. The first kappa shape index (κ1) is 16.5. The van der Waals surface area contributed by atoms with Gasteiger partial charge in [-0.2, -0.15) is 5.10 Å². The number of nitrogens with two attached hydrogens (primary N) is 1. The van der Waals surface area contributed by atoms with E-state index in [0.29, 0.717) is 34.0 Å². The van der Waals surface area contributed by atoms with Gasteiger partial charge in [-0.25, -0.2) is 9.07 Å². The number of oxime groups is 1. The van der Waals surface area contributed by atoms with Gasteiger partial charge in [0.15, 0.2) is 11.7 Å². The second-order valence-corrected chi connectivity index (χ2v) is 5.54. The number of rotatable bonds is 3. The fourth-order valence-corrected chi connectivity index (χ4v) is 2.78. The number of aryl methyl sites for hydroxylation is 3. The predicted molar refractivity (Wildman–Crippen MR) is 87.4 cm³/mol. The molecule has 0 aliphatic rings. The van der Waals surface area contributed by atoms with Gasteiger partial charge in [0.05, 0.1) is 28.2 Å². The van der Waals surface area contributed by atoms with Gasteiger partial charge in [0.1, 0.15) is 17.2 Å². The highest BCUT2D eigenvalue weighted by atomic mass is 19.1. The molecular formula is C16H16FN5O3. The average Bonchev–Trinajstić information content (AvgIpc) is 3.06. The van der Waals surface area contributed by atoms with Crippen molar-refractivity contribution in [1.82, 2.24) is 14.9 Å². The van der Waals surface area contributed by atoms with Gasteiger partial charge in [0.25, 0.3) is 0 Å². The van der Waals surface area contributed by atoms with E-state index in [1.165, 1.54) is 16.8 Å². The van der Waals surface area contributed by atoms with Crippen molar-refractivity contribution in [3.05, 3.63) is 46.7 Å². The van der Waals surface area contributed by atoms with Crippen LogP contribution in [0.1, 0.15) is 22.7 Å². The summed E-state index contributed by atoms with van der Waals surface area (Å²) in [7, 11) is 0. The van der Waals surface area contributed by atoms with Crippen molar-refractivity contribution in [2.24, 2.45) is 10.9 Å². The third-order valence-corrected chi connectivity index (χ3v) is 3.85. The van der Waals surface area contributed by atoms with Crippen molar-refractivity contribution in [2.45, 2.75) is 20.8 Å². The van der Waals surface area contributed by atoms with Crippen LogP contribution in [0.5, 0.6) is 5.75 Å². The molecule has 2 aromatic heterocycles. The van der Waals surface area contributed by atoms with Crippen LogP contribution in [0, 0.1) is 26.6 Å². The van der Waals surface area contributed by atoms with Crippen molar-refractivity contribution in [1.29, 1.82) is 0 Å². The number of halogens is 1. The van der Waals surface area contributed by atoms with Crippen LogP contribution in [-0.2, 0) is 0 Å². The van der Waals surface area contributed by atoms with Crippen LogP contribution in [-0.4, -0.2) is 31.1 Å². The van der Waals surface area contributed by atoms with Crippen LogP contribution in [0.25, 0.3) is 16.9 Å². The molecule has 0 aliphatic carbocycles. The zero-order chi connectivity index (χ0) is 18.3. The molecule has 0 atom stereocenters. The van der Waals surface area contributed by atoms with Crippen LogP contribution in [0.15, 0.2) is 27.9 Å². The van der Waals surface area contributed by atoms with E-state index in [0.717, 1.165) is 6.07 Å². The average molecular weight is 345 g/mol. The number of benzene rings is 1. The molecule has 0 aliphatic heterocycles. The van der Waals surface area contributed by atoms with Crippen molar-refractivity contribution in [2.75, 3.05) is 0 Å². The number of phenols is 1. The summed E-state index contributed by atoms with van der Waals surface area (Å²) in [4.78, 5) is 0. The van der Waals surface area contributed by atoms with E-state index in [1.54, 1.807) is 20.8 Å². The Kier molecular flexibility index (Phi) is 3.91. The van der Waals surface area contributed by atoms with E-state index in [2.05, 4.69) is 15.4 Å². The van der Waals surface area contributed by atoms with Gasteiger partial charge in [-0.15, -0.1) is 0 Å². The second kappa shape index (κ2) is 5.93. The fourth-order valence-electron chi connectivity index (χ4n) is 2.78. The zero-order valence-corrected chi connectivity index (χ0v) is 13.8. The summed E-state index contributed by atoms with van der Waals surface area (Å²) >= 11 is 0. The lowest BCUT2D eigenvalue weighted by molar-refractivity contribution is 0.318. The maximum Gasteiger partial charge on any atom is 0.174 e. The Balaban J connectivity index is 2.41. The van der Waals surface area contributed by atoms with Gasteiger partial charge >= 0.3 is 0 Å². The van der Waals surface area contributed by atoms with E-state index in [1.807, 2.05) is 0 Å². The molecule has 2 heterocycles. The molecular weight excluding hydrogens is 329 g/mol. The van der Waals surface area contributed by atoms with Crippen LogP contribution in [0.4, 0.5) is 4.39 Å². The topological polar surface area (TPSA) is 123 Å². The standard InChI is InChI=1S/C16H16FN5O3/c1-7-14(16(18)20-24)15(13-8(2)21-25-9(13)3)22(19-7)12-5-4-10(23)6-11(12)17/h4-6,23-24H,1-3H3,(H2,18,20). The molecule has 0 saturated heterocycles. The van der Waals surface area contributed by atoms with Crippen molar-refractivity contribution >= 4 is 5.84 Å². The summed E-state index contributed by atoms with van der Waals surface area (Å²) in [6.45, 7) is 5.08. The molecule has 0 amide bonds. The summed E-state index contributed by atoms with van der Waals surface area (Å²) in [5.74, 6) is -0.579. The Labute approximate surface area is 142 Å². The summed E-state index contributed by atoms with van der Waals surface area (Å²) < 4.78 is 20.9. The molecule has 1 aromatic carbocycles. The van der Waals surface area contributed by atoms with Crippen LogP contribution < -0.4 is 5.73 Å². The molecule has 0 bridgehead atoms. The van der Waals surface area contributed by atoms with Crippen LogP contribution in [0.2, 0.25) is 0 Å². The molecule has 8 nitrogen and oxygen atoms in total. The third kappa shape index (κ3) is 2.59. The SMILES string of the molecule is Cc1nn(-c2ccc(O)cc2F)c(-c2c(C)noc2C)c1/C(N)=N/O. The van der Waals surface area contributed by atoms with Gasteiger partial charge in [-0.05, 0) is 32.9 Å². The van der Waals surface area contributed by atoms with Crippen LogP contribution >= 0.6 is 0 Å². The summed E-state index contributed by atoms with van der Waals surface area (Å²) in [5.41, 5.74) is 8.17. The predicted octanol–water partition coefficient (Wildman–Crippen LogP) is 2.39. The Morgan fingerprint density at radius 1 is 1.28 bits per heavy atom. The second-order valence-electron chi connectivity index (χ2n) is 5.54. The normalized spacial score (nSPS) is 11.9. The molecule has 3 aromatic rings. The number of hydrogen-bond donors (Lipinski definition) is 3. The molecule has 3 rings (SSSR count). The molecule has 130 valence electrons. The molecule has 0 saturated carbocycles. The maximum absolute atomic E-state index is 14.4. The number of hydrogen-bond acceptors (Lipinski definition) is 6. The highest BCUT2D eigenvalue weighted by Crippen LogP contribution is 2.34. The molecule has 0 fully saturated rings. The van der Waals surface area contributed by atoms with Gasteiger partial charge in [0.2, 0.25) is 0 Å². The highest BCUT2D eigenvalue weighted by Gasteiger charge is 2.27. The Hall–Kier alpha value is -3.36. The quantitative estimate of drug-likeness (QED) is 0.290. The van der Waals surface area contributed by atoms with E-state index >= 15 is 0 Å². The van der Waals surface area contributed by atoms with Gasteiger partial charge in [-0.3, -0.25) is 0 Å². The lowest BCUT2D eigenvalue weighted by Crippen LogP contribution is -2.15. The first-order chi connectivity index (χ1) is 11.8. The number of amidine groups is 1. The third-order valence-electron chi connectivity index (χ3n) is 3.85. The summed E-state index contributed by atoms with van der Waals surface area (Å²) in [6.07, 6.45) is 0. The van der Waals surface area contributed by atoms with Crippen molar-refractivity contribution < 1.29 is 19.2 Å². The number of nitrogens with zero attached hydrogens (tertiary/aromatic N) is 4. The van der Waals surface area contributed by atoms with Gasteiger partial charge in [0, 0.05) is 6.07 Å². The van der Waals surface area contributed by atoms with Crippen LogP contribution in [0.3, 0.4) is 0 Å². The lowest BCUT2D eigenvalue weighted by Gasteiger charge is -2.10. The fraction of sp³-hybridized carbons (Fsp3) is 0.188. The highest BCUT2D eigenvalue weighted by molar-refractivity contribution is 6.04. The number of aromatic hydroxyl groups is 1. The Morgan fingerprint density at radius 3 is 2.56 bits per heavy atom. The first-order valence-corrected chi connectivity index (χ1v) is 7.34. The monoisotopic (exact) mass is 345 g/mol. The molecule has 25 heavy (non-hydrogen) atoms. The minimum absolute atomic E-state index is 0.0906. The largest absolute Gasteiger partial charge is 0.508 e. The summed E-state index contributed by atoms with van der Waals surface area (Å²) in [6, 6.07) is 3.71. The maximum atomic E-state index is 14.4. The molecule has 0 radical (unpaired) electrons. The smallest absolute Gasteiger partial charge is 0.174 e. The van der Waals surface area contributed by atoms with Crippen molar-refractivity contribution in [3.63, 3.8) is 0 Å². The van der Waals surface area contributed by atoms with E-state index in [-0.39, 0.29) is 17.3 Å². The minimum atomic E-state index is -0.679. The van der Waals surface area contributed by atoms with E-state index < -0.39 is 5.82 Å². The van der Waals surface area contributed by atoms with Gasteiger partial charge in [-0.1, -0.05) is 10.3 Å². The van der Waals surface area contributed by atoms with E-state index in [4.69, 9.17) is 15.5 Å². The van der Waals surface area contributed by atoms with Crippen molar-refractivity contribution in [3.8, 4) is 22.7 Å². The minimum Gasteiger partial charge on any atom is -0.508 e. The molecule has 0 unspecified atom stereocenters. The van der Waals surface area contributed by atoms with Gasteiger partial charge < -0.3 is 20.6 Å². The molecule has 9 heteroatoms. The zero-order valence-electron chi connectivity index (χ0n) is 13.8. The molecule has 0 spiro atoms. The Bertz CT molecular complexity index is 971. The lowest BCUT2D eigenvalue weighted by atomic mass is 10.0. The summed E-state index contributed by atoms with van der Waals surface area (Å²) in [5, 5.41) is 29.9. The van der Waals surface area contributed by atoms with E-state index in [9.17, 15) is 9.50 Å². The number of aromatic nitrogens is 3. The Morgan fingerprint density at radius 2 is 2.00 bits per heavy atom. The number of phenolic OH excluding ortho intramolecular Hbond substituents is 1. The molecule has 4 N–H and O–H groups in total.